The Hall–Kier alpha value is -2.25. The van der Waals surface area contributed by atoms with E-state index in [9.17, 15) is 9.59 Å². The van der Waals surface area contributed by atoms with Crippen LogP contribution in [-0.4, -0.2) is 35.2 Å². The van der Waals surface area contributed by atoms with Crippen LogP contribution in [0.1, 0.15) is 33.9 Å². The van der Waals surface area contributed by atoms with Crippen LogP contribution < -0.4 is 5.32 Å². The largest absolute Gasteiger partial charge is 0.476 e. The normalized spacial score (nSPS) is 10.5. The van der Waals surface area contributed by atoms with Gasteiger partial charge in [-0.2, -0.15) is 0 Å². The summed E-state index contributed by atoms with van der Waals surface area (Å²) in [6.07, 6.45) is 1.89. The molecule has 128 valence electrons. The van der Waals surface area contributed by atoms with Crippen molar-refractivity contribution in [2.45, 2.75) is 25.8 Å². The number of aromatic nitrogens is 1. The molecule has 24 heavy (non-hydrogen) atoms. The number of carbonyl (C=O) groups excluding carboxylic acids is 1. The molecule has 7 heteroatoms. The Morgan fingerprint density at radius 1 is 1.21 bits per heavy atom. The van der Waals surface area contributed by atoms with Crippen LogP contribution in [-0.2, 0) is 22.5 Å². The van der Waals surface area contributed by atoms with Crippen molar-refractivity contribution < 1.29 is 19.4 Å². The van der Waals surface area contributed by atoms with Crippen molar-refractivity contribution in [1.82, 2.24) is 10.3 Å². The fourth-order valence-corrected chi connectivity index (χ4v) is 2.73. The van der Waals surface area contributed by atoms with E-state index in [0.717, 1.165) is 6.42 Å². The third kappa shape index (κ3) is 6.47. The number of carboxylic acids is 1. The second-order valence-electron chi connectivity index (χ2n) is 5.16. The second kappa shape index (κ2) is 9.79. The summed E-state index contributed by atoms with van der Waals surface area (Å²) in [5.74, 6) is -1.15. The van der Waals surface area contributed by atoms with E-state index in [-0.39, 0.29) is 18.1 Å². The fourth-order valence-electron chi connectivity index (χ4n) is 2.02. The van der Waals surface area contributed by atoms with E-state index in [1.165, 1.54) is 22.3 Å². The number of benzene rings is 1. The van der Waals surface area contributed by atoms with Crippen molar-refractivity contribution in [1.29, 1.82) is 0 Å². The Morgan fingerprint density at radius 2 is 2.00 bits per heavy atom. The number of nitrogens with one attached hydrogen (secondary N) is 1. The molecule has 0 saturated heterocycles. The SMILES string of the molecule is O=C(CCCOCCc1ccccc1)NCc1nc(C(=O)O)cs1. The van der Waals surface area contributed by atoms with Crippen LogP contribution in [0.5, 0.6) is 0 Å². The van der Waals surface area contributed by atoms with E-state index in [2.05, 4.69) is 22.4 Å². The van der Waals surface area contributed by atoms with Gasteiger partial charge < -0.3 is 15.2 Å². The molecule has 0 spiro atoms. The fraction of sp³-hybridized carbons (Fsp3) is 0.353. The summed E-state index contributed by atoms with van der Waals surface area (Å²) in [6, 6.07) is 10.1. The van der Waals surface area contributed by atoms with E-state index in [1.54, 1.807) is 0 Å². The van der Waals surface area contributed by atoms with Crippen LogP contribution in [0.25, 0.3) is 0 Å². The van der Waals surface area contributed by atoms with Crippen molar-refractivity contribution >= 4 is 23.2 Å². The first-order chi connectivity index (χ1) is 11.6. The molecule has 0 aliphatic rings. The van der Waals surface area contributed by atoms with Crippen LogP contribution in [0.2, 0.25) is 0 Å². The van der Waals surface area contributed by atoms with Gasteiger partial charge in [0, 0.05) is 18.4 Å². The molecule has 0 aliphatic heterocycles. The minimum Gasteiger partial charge on any atom is -0.476 e. The van der Waals surface area contributed by atoms with Crippen LogP contribution in [0.15, 0.2) is 35.7 Å². The zero-order valence-corrected chi connectivity index (χ0v) is 14.1. The van der Waals surface area contributed by atoms with Gasteiger partial charge in [0.25, 0.3) is 0 Å². The molecule has 0 aliphatic carbocycles. The maximum atomic E-state index is 11.7. The molecule has 6 nitrogen and oxygen atoms in total. The first kappa shape index (κ1) is 18.1. The number of hydrogen-bond donors (Lipinski definition) is 2. The Bertz CT molecular complexity index is 658. The maximum Gasteiger partial charge on any atom is 0.355 e. The first-order valence-electron chi connectivity index (χ1n) is 7.71. The number of carboxylic acid groups (broad SMARTS) is 1. The summed E-state index contributed by atoms with van der Waals surface area (Å²) >= 11 is 1.22. The lowest BCUT2D eigenvalue weighted by Crippen LogP contribution is -2.22. The van der Waals surface area contributed by atoms with Crippen molar-refractivity contribution in [3.8, 4) is 0 Å². The van der Waals surface area contributed by atoms with Gasteiger partial charge >= 0.3 is 5.97 Å². The third-order valence-corrected chi connectivity index (χ3v) is 4.13. The molecule has 0 fully saturated rings. The van der Waals surface area contributed by atoms with Crippen LogP contribution in [0.3, 0.4) is 0 Å². The molecule has 2 rings (SSSR count). The maximum absolute atomic E-state index is 11.7. The molecule has 0 saturated carbocycles. The zero-order valence-electron chi connectivity index (χ0n) is 13.2. The molecule has 2 N–H and O–H groups in total. The Labute approximate surface area is 144 Å². The summed E-state index contributed by atoms with van der Waals surface area (Å²) in [4.78, 5) is 26.3. The highest BCUT2D eigenvalue weighted by molar-refractivity contribution is 7.09. The van der Waals surface area contributed by atoms with E-state index in [0.29, 0.717) is 31.1 Å². The van der Waals surface area contributed by atoms with Gasteiger partial charge in [-0.15, -0.1) is 11.3 Å². The molecule has 1 aromatic carbocycles. The van der Waals surface area contributed by atoms with Gasteiger partial charge in [-0.3, -0.25) is 4.79 Å². The molecule has 2 aromatic rings. The van der Waals surface area contributed by atoms with E-state index >= 15 is 0 Å². The molecule has 1 amide bonds. The Kier molecular flexibility index (Phi) is 7.38. The monoisotopic (exact) mass is 348 g/mol. The molecule has 0 atom stereocenters. The average molecular weight is 348 g/mol. The van der Waals surface area contributed by atoms with E-state index < -0.39 is 5.97 Å². The summed E-state index contributed by atoms with van der Waals surface area (Å²) in [5, 5.41) is 13.6. The topological polar surface area (TPSA) is 88.5 Å². The number of amides is 1. The van der Waals surface area contributed by atoms with Gasteiger partial charge in [-0.1, -0.05) is 30.3 Å². The zero-order chi connectivity index (χ0) is 17.2. The highest BCUT2D eigenvalue weighted by atomic mass is 32.1. The quantitative estimate of drug-likeness (QED) is 0.644. The molecule has 0 radical (unpaired) electrons. The molecule has 0 bridgehead atoms. The molecular formula is C17H20N2O4S. The molecule has 1 heterocycles. The van der Waals surface area contributed by atoms with Crippen molar-refractivity contribution in [3.05, 3.63) is 52.0 Å². The predicted molar refractivity (Wildman–Crippen MR) is 91.1 cm³/mol. The lowest BCUT2D eigenvalue weighted by molar-refractivity contribution is -0.121. The highest BCUT2D eigenvalue weighted by Crippen LogP contribution is 2.09. The smallest absolute Gasteiger partial charge is 0.355 e. The molecule has 1 aromatic heterocycles. The Balaban J connectivity index is 1.52. The summed E-state index contributed by atoms with van der Waals surface area (Å²) in [5.41, 5.74) is 1.25. The number of ether oxygens (including phenoxy) is 1. The number of nitrogens with zero attached hydrogens (tertiary/aromatic N) is 1. The summed E-state index contributed by atoms with van der Waals surface area (Å²) in [7, 11) is 0. The number of rotatable bonds is 10. The predicted octanol–water partition coefficient (Wildman–Crippen LogP) is 2.50. The highest BCUT2D eigenvalue weighted by Gasteiger charge is 2.09. The van der Waals surface area contributed by atoms with Gasteiger partial charge in [0.05, 0.1) is 13.2 Å². The van der Waals surface area contributed by atoms with Gasteiger partial charge in [0.15, 0.2) is 5.69 Å². The van der Waals surface area contributed by atoms with Crippen molar-refractivity contribution in [2.24, 2.45) is 0 Å². The van der Waals surface area contributed by atoms with Gasteiger partial charge in [-0.25, -0.2) is 9.78 Å². The van der Waals surface area contributed by atoms with Gasteiger partial charge in [0.2, 0.25) is 5.91 Å². The van der Waals surface area contributed by atoms with Gasteiger partial charge in [-0.05, 0) is 18.4 Å². The Morgan fingerprint density at radius 3 is 2.71 bits per heavy atom. The number of carbonyl (C=O) groups is 2. The van der Waals surface area contributed by atoms with Gasteiger partial charge in [0.1, 0.15) is 5.01 Å². The second-order valence-corrected chi connectivity index (χ2v) is 6.10. The number of hydrogen-bond acceptors (Lipinski definition) is 5. The van der Waals surface area contributed by atoms with E-state index in [1.807, 2.05) is 18.2 Å². The van der Waals surface area contributed by atoms with Crippen LogP contribution in [0.4, 0.5) is 0 Å². The standard InChI is InChI=1S/C17H20N2O4S/c20-15(18-11-16-19-14(12-24-16)17(21)22)7-4-9-23-10-8-13-5-2-1-3-6-13/h1-3,5-6,12H,4,7-11H2,(H,18,20)(H,21,22). The first-order valence-corrected chi connectivity index (χ1v) is 8.59. The van der Waals surface area contributed by atoms with Crippen LogP contribution >= 0.6 is 11.3 Å². The van der Waals surface area contributed by atoms with Crippen molar-refractivity contribution in [2.75, 3.05) is 13.2 Å². The minimum atomic E-state index is -1.06. The van der Waals surface area contributed by atoms with Crippen molar-refractivity contribution in [3.63, 3.8) is 0 Å². The molecular weight excluding hydrogens is 328 g/mol. The third-order valence-electron chi connectivity index (χ3n) is 3.28. The average Bonchev–Trinajstić information content (AvgIpc) is 3.06. The summed E-state index contributed by atoms with van der Waals surface area (Å²) < 4.78 is 5.52. The van der Waals surface area contributed by atoms with Crippen LogP contribution in [0, 0.1) is 0 Å². The number of thiazole rings is 1. The minimum absolute atomic E-state index is 0.0102. The van der Waals surface area contributed by atoms with E-state index in [4.69, 9.17) is 9.84 Å². The molecule has 0 unspecified atom stereocenters. The lowest BCUT2D eigenvalue weighted by Gasteiger charge is -2.05. The number of aromatic carboxylic acids is 1. The lowest BCUT2D eigenvalue weighted by atomic mass is 10.2. The summed E-state index contributed by atoms with van der Waals surface area (Å²) in [6.45, 7) is 1.44.